The first-order valence-corrected chi connectivity index (χ1v) is 8.21. The second kappa shape index (κ2) is 9.81. The quantitative estimate of drug-likeness (QED) is 0.627. The third-order valence-corrected chi connectivity index (χ3v) is 4.64. The predicted octanol–water partition coefficient (Wildman–Crippen LogP) is 1.68. The zero-order chi connectivity index (χ0) is 15.0. The van der Waals surface area contributed by atoms with E-state index in [4.69, 9.17) is 0 Å². The summed E-state index contributed by atoms with van der Waals surface area (Å²) in [6.07, 6.45) is 2.45. The molecule has 0 heterocycles. The molecule has 2 heteroatoms. The average molecular weight is 362 g/mol. The summed E-state index contributed by atoms with van der Waals surface area (Å²) in [6, 6.07) is 21.8. The van der Waals surface area contributed by atoms with Gasteiger partial charge in [0.15, 0.2) is 0 Å². The van der Waals surface area contributed by atoms with Gasteiger partial charge in [-0.3, -0.25) is 0 Å². The van der Waals surface area contributed by atoms with E-state index >= 15 is 0 Å². The first-order chi connectivity index (χ1) is 10.3. The fraction of sp³-hybridized carbons (Fsp3) is 0.400. The van der Waals surface area contributed by atoms with Crippen LogP contribution in [0.4, 0.5) is 0 Å². The molecule has 0 fully saturated rings. The molecule has 0 aromatic heterocycles. The number of hydrogen-bond donors (Lipinski definition) is 0. The second-order valence-corrected chi connectivity index (χ2v) is 5.93. The molecule has 0 atom stereocenters. The summed E-state index contributed by atoms with van der Waals surface area (Å²) in [5.74, 6) is 0. The first-order valence-electron chi connectivity index (χ1n) is 8.21. The lowest BCUT2D eigenvalue weighted by Crippen LogP contribution is -3.00. The fourth-order valence-corrected chi connectivity index (χ4v) is 3.08. The third kappa shape index (κ3) is 5.58. The monoisotopic (exact) mass is 361 g/mol. The molecule has 2 aromatic rings. The number of aryl methyl sites for hydroxylation is 1. The van der Waals surface area contributed by atoms with Crippen molar-refractivity contribution < 1.29 is 21.5 Å². The van der Waals surface area contributed by atoms with Gasteiger partial charge < -0.3 is 21.5 Å². The molecule has 2 aromatic carbocycles. The molecular formula is C20H28BrN. The van der Waals surface area contributed by atoms with Gasteiger partial charge in [0.2, 0.25) is 0 Å². The minimum Gasteiger partial charge on any atom is -1.00 e. The van der Waals surface area contributed by atoms with Crippen molar-refractivity contribution in [1.29, 1.82) is 0 Å². The number of benzene rings is 2. The van der Waals surface area contributed by atoms with Gasteiger partial charge in [-0.05, 0) is 25.8 Å². The molecule has 0 unspecified atom stereocenters. The molecule has 0 saturated heterocycles. The van der Waals surface area contributed by atoms with E-state index in [1.54, 1.807) is 0 Å². The summed E-state index contributed by atoms with van der Waals surface area (Å²) in [7, 11) is 0. The van der Waals surface area contributed by atoms with Crippen molar-refractivity contribution in [2.45, 2.75) is 33.2 Å². The highest BCUT2D eigenvalue weighted by molar-refractivity contribution is 5.15. The van der Waals surface area contributed by atoms with Crippen LogP contribution in [0.5, 0.6) is 0 Å². The van der Waals surface area contributed by atoms with Gasteiger partial charge >= 0.3 is 0 Å². The van der Waals surface area contributed by atoms with E-state index in [0.29, 0.717) is 0 Å². The average Bonchev–Trinajstić information content (AvgIpc) is 2.56. The summed E-state index contributed by atoms with van der Waals surface area (Å²) in [6.45, 7) is 9.49. The molecule has 1 nitrogen and oxygen atoms in total. The molecule has 0 bridgehead atoms. The Hall–Kier alpha value is -1.12. The van der Waals surface area contributed by atoms with E-state index in [2.05, 4.69) is 74.5 Å². The SMILES string of the molecule is CC[N+](CC)(CCCc1ccccc1)Cc1ccccc1.[Br-]. The molecule has 22 heavy (non-hydrogen) atoms. The van der Waals surface area contributed by atoms with Gasteiger partial charge in [-0.1, -0.05) is 60.7 Å². The first kappa shape index (κ1) is 18.9. The summed E-state index contributed by atoms with van der Waals surface area (Å²) in [4.78, 5) is 0. The number of hydrogen-bond acceptors (Lipinski definition) is 0. The minimum atomic E-state index is 0. The topological polar surface area (TPSA) is 0 Å². The Morgan fingerprint density at radius 3 is 1.73 bits per heavy atom. The van der Waals surface area contributed by atoms with Crippen LogP contribution in [0.1, 0.15) is 31.4 Å². The molecule has 0 amide bonds. The van der Waals surface area contributed by atoms with E-state index in [0.717, 1.165) is 6.54 Å². The van der Waals surface area contributed by atoms with Gasteiger partial charge in [0.1, 0.15) is 6.54 Å². The Labute approximate surface area is 146 Å². The molecule has 2 rings (SSSR count). The Bertz CT molecular complexity index is 506. The predicted molar refractivity (Wildman–Crippen MR) is 91.1 cm³/mol. The summed E-state index contributed by atoms with van der Waals surface area (Å²) < 4.78 is 1.19. The van der Waals surface area contributed by atoms with Crippen LogP contribution in [-0.2, 0) is 13.0 Å². The maximum Gasteiger partial charge on any atom is 0.104 e. The van der Waals surface area contributed by atoms with Crippen molar-refractivity contribution in [3.63, 3.8) is 0 Å². The van der Waals surface area contributed by atoms with Gasteiger partial charge in [-0.2, -0.15) is 0 Å². The highest BCUT2D eigenvalue weighted by atomic mass is 79.9. The molecule has 0 spiro atoms. The fourth-order valence-electron chi connectivity index (χ4n) is 3.08. The second-order valence-electron chi connectivity index (χ2n) is 5.93. The molecule has 0 radical (unpaired) electrons. The lowest BCUT2D eigenvalue weighted by molar-refractivity contribution is -0.937. The Morgan fingerprint density at radius 1 is 0.727 bits per heavy atom. The van der Waals surface area contributed by atoms with Gasteiger partial charge in [-0.15, -0.1) is 0 Å². The summed E-state index contributed by atoms with van der Waals surface area (Å²) in [5, 5.41) is 0. The molecule has 0 aliphatic rings. The van der Waals surface area contributed by atoms with Crippen LogP contribution >= 0.6 is 0 Å². The minimum absolute atomic E-state index is 0. The molecule has 0 saturated carbocycles. The highest BCUT2D eigenvalue weighted by Crippen LogP contribution is 2.16. The van der Waals surface area contributed by atoms with E-state index in [1.807, 2.05) is 0 Å². The largest absolute Gasteiger partial charge is 1.00 e. The van der Waals surface area contributed by atoms with Crippen molar-refractivity contribution in [2.75, 3.05) is 19.6 Å². The maximum absolute atomic E-state index is 2.33. The van der Waals surface area contributed by atoms with Crippen LogP contribution in [0.2, 0.25) is 0 Å². The van der Waals surface area contributed by atoms with Crippen molar-refractivity contribution in [2.24, 2.45) is 0 Å². The van der Waals surface area contributed by atoms with E-state index in [-0.39, 0.29) is 17.0 Å². The molecule has 0 aliphatic heterocycles. The van der Waals surface area contributed by atoms with Crippen LogP contribution in [0.3, 0.4) is 0 Å². The molecular weight excluding hydrogens is 334 g/mol. The van der Waals surface area contributed by atoms with E-state index in [9.17, 15) is 0 Å². The number of nitrogens with zero attached hydrogens (tertiary/aromatic N) is 1. The Morgan fingerprint density at radius 2 is 1.23 bits per heavy atom. The molecule has 120 valence electrons. The van der Waals surface area contributed by atoms with Crippen LogP contribution in [0.15, 0.2) is 60.7 Å². The van der Waals surface area contributed by atoms with Gasteiger partial charge in [-0.25, -0.2) is 0 Å². The molecule has 0 aliphatic carbocycles. The van der Waals surface area contributed by atoms with E-state index in [1.165, 1.54) is 48.1 Å². The van der Waals surface area contributed by atoms with Crippen LogP contribution < -0.4 is 17.0 Å². The summed E-state index contributed by atoms with van der Waals surface area (Å²) >= 11 is 0. The van der Waals surface area contributed by atoms with Gasteiger partial charge in [0.05, 0.1) is 19.6 Å². The Kier molecular flexibility index (Phi) is 8.44. The molecule has 0 N–H and O–H groups in total. The number of quaternary nitrogens is 1. The van der Waals surface area contributed by atoms with Crippen molar-refractivity contribution in [3.8, 4) is 0 Å². The lowest BCUT2D eigenvalue weighted by Gasteiger charge is -2.37. The smallest absolute Gasteiger partial charge is 0.104 e. The normalized spacial score (nSPS) is 11.0. The lowest BCUT2D eigenvalue weighted by atomic mass is 10.1. The van der Waals surface area contributed by atoms with Crippen molar-refractivity contribution in [3.05, 3.63) is 71.8 Å². The van der Waals surface area contributed by atoms with Crippen LogP contribution in [0, 0.1) is 0 Å². The van der Waals surface area contributed by atoms with E-state index < -0.39 is 0 Å². The standard InChI is InChI=1S/C20H28N.BrH/c1-3-21(4-2,18-20-14-9-6-10-15-20)17-11-16-19-12-7-5-8-13-19;/h5-10,12-15H,3-4,11,16-18H2,1-2H3;1H/q+1;/p-1. The van der Waals surface area contributed by atoms with Gasteiger partial charge in [0, 0.05) is 12.0 Å². The third-order valence-electron chi connectivity index (χ3n) is 4.64. The Balaban J connectivity index is 0.00000242. The van der Waals surface area contributed by atoms with Crippen LogP contribution in [-0.4, -0.2) is 24.1 Å². The van der Waals surface area contributed by atoms with Gasteiger partial charge in [0.25, 0.3) is 0 Å². The van der Waals surface area contributed by atoms with Crippen molar-refractivity contribution in [1.82, 2.24) is 0 Å². The van der Waals surface area contributed by atoms with Crippen LogP contribution in [0.25, 0.3) is 0 Å². The maximum atomic E-state index is 2.33. The zero-order valence-corrected chi connectivity index (χ0v) is 15.4. The number of rotatable bonds is 8. The number of halogens is 1. The highest BCUT2D eigenvalue weighted by Gasteiger charge is 2.23. The van der Waals surface area contributed by atoms with Crippen molar-refractivity contribution >= 4 is 0 Å². The summed E-state index contributed by atoms with van der Waals surface area (Å²) in [5.41, 5.74) is 2.92. The zero-order valence-electron chi connectivity index (χ0n) is 13.8.